The molecule has 0 aromatic carbocycles. The molecule has 4 nitrogen and oxygen atoms in total. The van der Waals surface area contributed by atoms with Gasteiger partial charge in [-0.1, -0.05) is 0 Å². The number of carbonyl (C=O) groups is 1. The third-order valence-corrected chi connectivity index (χ3v) is 0.427. The monoisotopic (exact) mass is 102 g/mol. The van der Waals surface area contributed by atoms with Gasteiger partial charge in [0.2, 0.25) is 0 Å². The van der Waals surface area contributed by atoms with Crippen LogP contribution in [-0.4, -0.2) is 11.1 Å². The van der Waals surface area contributed by atoms with Crippen LogP contribution in [0.1, 0.15) is 0 Å². The van der Waals surface area contributed by atoms with Crippen LogP contribution in [0.3, 0.4) is 0 Å². The molecule has 0 aliphatic carbocycles. The fourth-order valence-electron chi connectivity index (χ4n) is 0.0713. The summed E-state index contributed by atoms with van der Waals surface area (Å²) in [5.74, 6) is -1.19. The average Bonchev–Trinajstić information content (AvgIpc) is 1.65. The van der Waals surface area contributed by atoms with Crippen LogP contribution in [0.4, 0.5) is 0 Å². The first-order chi connectivity index (χ1) is 3.18. The molecule has 0 amide bonds. The minimum atomic E-state index is -1.19. The van der Waals surface area contributed by atoms with Gasteiger partial charge in [-0.15, -0.1) is 0 Å². The van der Waals surface area contributed by atoms with E-state index < -0.39 is 5.97 Å². The highest BCUT2D eigenvalue weighted by Gasteiger charge is 1.95. The Morgan fingerprint density at radius 3 is 2.14 bits per heavy atom. The van der Waals surface area contributed by atoms with E-state index in [9.17, 15) is 4.79 Å². The van der Waals surface area contributed by atoms with Gasteiger partial charge in [0.05, 0.1) is 0 Å². The second kappa shape index (κ2) is 2.07. The molecule has 0 radical (unpaired) electrons. The van der Waals surface area contributed by atoms with Crippen LogP contribution in [-0.2, 0) is 4.79 Å². The number of carboxylic acids is 1. The van der Waals surface area contributed by atoms with Crippen LogP contribution >= 0.6 is 0 Å². The Kier molecular flexibility index (Phi) is 1.72. The van der Waals surface area contributed by atoms with Gasteiger partial charge in [0.25, 0.3) is 0 Å². The van der Waals surface area contributed by atoms with Crippen molar-refractivity contribution in [1.29, 1.82) is 0 Å². The zero-order chi connectivity index (χ0) is 5.86. The molecule has 0 rings (SSSR count). The number of aliphatic carboxylic acids is 1. The maximum absolute atomic E-state index is 9.66. The van der Waals surface area contributed by atoms with E-state index >= 15 is 0 Å². The second-order valence-corrected chi connectivity index (χ2v) is 0.927. The predicted molar refractivity (Wildman–Crippen MR) is 24.1 cm³/mol. The predicted octanol–water partition coefficient (Wildman–Crippen LogP) is -1.17. The molecule has 0 aliphatic heterocycles. The first-order valence-corrected chi connectivity index (χ1v) is 1.59. The summed E-state index contributed by atoms with van der Waals surface area (Å²) in [6.07, 6.45) is 0.836. The molecule has 4 heteroatoms. The van der Waals surface area contributed by atoms with Gasteiger partial charge >= 0.3 is 5.97 Å². The van der Waals surface area contributed by atoms with Gasteiger partial charge < -0.3 is 16.6 Å². The van der Waals surface area contributed by atoms with E-state index in [1.165, 1.54) is 0 Å². The summed E-state index contributed by atoms with van der Waals surface area (Å²) in [6.45, 7) is 0. The number of hydrogen-bond acceptors (Lipinski definition) is 3. The zero-order valence-electron chi connectivity index (χ0n) is 3.59. The lowest BCUT2D eigenvalue weighted by molar-refractivity contribution is -0.132. The molecule has 0 aliphatic rings. The molecule has 40 valence electrons. The minimum Gasteiger partial charge on any atom is -0.477 e. The zero-order valence-corrected chi connectivity index (χ0v) is 3.59. The minimum absolute atomic E-state index is 0.333. The number of hydrogen-bond donors (Lipinski definition) is 3. The molecule has 0 aromatic rings. The van der Waals surface area contributed by atoms with Crippen LogP contribution < -0.4 is 11.5 Å². The van der Waals surface area contributed by atoms with Crippen molar-refractivity contribution in [3.05, 3.63) is 11.9 Å². The van der Waals surface area contributed by atoms with Gasteiger partial charge in [0.15, 0.2) is 0 Å². The van der Waals surface area contributed by atoms with Crippen molar-refractivity contribution < 1.29 is 9.90 Å². The summed E-state index contributed by atoms with van der Waals surface area (Å²) in [7, 11) is 0. The lowest BCUT2D eigenvalue weighted by Gasteiger charge is -1.84. The first kappa shape index (κ1) is 5.81. The Labute approximate surface area is 40.4 Å². The molecule has 0 bridgehead atoms. The first-order valence-electron chi connectivity index (χ1n) is 1.59. The van der Waals surface area contributed by atoms with E-state index in [0.29, 0.717) is 0 Å². The maximum Gasteiger partial charge on any atom is 0.353 e. The van der Waals surface area contributed by atoms with Gasteiger partial charge in [0.1, 0.15) is 5.70 Å². The van der Waals surface area contributed by atoms with E-state index in [4.69, 9.17) is 16.6 Å². The third-order valence-electron chi connectivity index (χ3n) is 0.427. The Bertz CT molecular complexity index is 108. The largest absolute Gasteiger partial charge is 0.477 e. The van der Waals surface area contributed by atoms with Gasteiger partial charge in [-0.2, -0.15) is 0 Å². The highest BCUT2D eigenvalue weighted by Crippen LogP contribution is 1.73. The molecular formula is C3H6N2O2. The van der Waals surface area contributed by atoms with Crippen LogP contribution in [0.2, 0.25) is 0 Å². The van der Waals surface area contributed by atoms with E-state index in [-0.39, 0.29) is 5.70 Å². The standard InChI is InChI=1S/C3H6N2O2/c4-1-2(5)3(6)7/h1H,4-5H2,(H,6,7)/b2-1-. The fraction of sp³-hybridized carbons (Fsp3) is 0. The Balaban J connectivity index is 3.82. The van der Waals surface area contributed by atoms with Crippen molar-refractivity contribution in [2.45, 2.75) is 0 Å². The highest BCUT2D eigenvalue weighted by atomic mass is 16.4. The van der Waals surface area contributed by atoms with E-state index in [0.717, 1.165) is 6.20 Å². The van der Waals surface area contributed by atoms with Crippen molar-refractivity contribution in [2.24, 2.45) is 11.5 Å². The molecule has 0 saturated carbocycles. The third kappa shape index (κ3) is 1.64. The summed E-state index contributed by atoms with van der Waals surface area (Å²) < 4.78 is 0. The second-order valence-electron chi connectivity index (χ2n) is 0.927. The van der Waals surface area contributed by atoms with Gasteiger partial charge in [0, 0.05) is 6.20 Å². The lowest BCUT2D eigenvalue weighted by Crippen LogP contribution is -2.11. The molecule has 0 fully saturated rings. The average molecular weight is 102 g/mol. The molecular weight excluding hydrogens is 96.0 g/mol. The van der Waals surface area contributed by atoms with Crippen LogP contribution in [0.5, 0.6) is 0 Å². The molecule has 0 saturated heterocycles. The van der Waals surface area contributed by atoms with Crippen LogP contribution in [0.15, 0.2) is 11.9 Å². The van der Waals surface area contributed by atoms with Gasteiger partial charge in [-0.3, -0.25) is 0 Å². The molecule has 0 spiro atoms. The molecule has 0 atom stereocenters. The van der Waals surface area contributed by atoms with Crippen molar-refractivity contribution in [3.63, 3.8) is 0 Å². The highest BCUT2D eigenvalue weighted by molar-refractivity contribution is 5.85. The van der Waals surface area contributed by atoms with E-state index in [2.05, 4.69) is 0 Å². The number of rotatable bonds is 1. The normalized spacial score (nSPS) is 11.1. The molecule has 7 heavy (non-hydrogen) atoms. The SMILES string of the molecule is N/C=C(\N)C(=O)O. The quantitative estimate of drug-likeness (QED) is 0.364. The topological polar surface area (TPSA) is 89.3 Å². The summed E-state index contributed by atoms with van der Waals surface area (Å²) >= 11 is 0. The number of nitrogens with two attached hydrogens (primary N) is 2. The van der Waals surface area contributed by atoms with Gasteiger partial charge in [-0.25, -0.2) is 4.79 Å². The van der Waals surface area contributed by atoms with Crippen LogP contribution in [0, 0.1) is 0 Å². The van der Waals surface area contributed by atoms with E-state index in [1.807, 2.05) is 0 Å². The molecule has 0 unspecified atom stereocenters. The summed E-state index contributed by atoms with van der Waals surface area (Å²) in [6, 6.07) is 0. The molecule has 5 N–H and O–H groups in total. The molecule has 0 heterocycles. The smallest absolute Gasteiger partial charge is 0.353 e. The fourth-order valence-corrected chi connectivity index (χ4v) is 0.0713. The van der Waals surface area contributed by atoms with Crippen molar-refractivity contribution in [3.8, 4) is 0 Å². The summed E-state index contributed by atoms with van der Waals surface area (Å²) in [5, 5.41) is 7.91. The van der Waals surface area contributed by atoms with Crippen molar-refractivity contribution in [2.75, 3.05) is 0 Å². The van der Waals surface area contributed by atoms with Crippen molar-refractivity contribution >= 4 is 5.97 Å². The van der Waals surface area contributed by atoms with Crippen molar-refractivity contribution in [1.82, 2.24) is 0 Å². The maximum atomic E-state index is 9.66. The Morgan fingerprint density at radius 2 is 2.14 bits per heavy atom. The summed E-state index contributed by atoms with van der Waals surface area (Å²) in [5.41, 5.74) is 9.12. The Morgan fingerprint density at radius 1 is 1.71 bits per heavy atom. The lowest BCUT2D eigenvalue weighted by atomic mass is 10.5. The molecule has 0 aromatic heterocycles. The Hall–Kier alpha value is -1.19. The van der Waals surface area contributed by atoms with Crippen LogP contribution in [0.25, 0.3) is 0 Å². The number of carboxylic acid groups (broad SMARTS) is 1. The summed E-state index contributed by atoms with van der Waals surface area (Å²) in [4.78, 5) is 9.66. The van der Waals surface area contributed by atoms with E-state index in [1.54, 1.807) is 0 Å². The van der Waals surface area contributed by atoms with Gasteiger partial charge in [-0.05, 0) is 0 Å².